The first-order chi connectivity index (χ1) is 15.8. The predicted octanol–water partition coefficient (Wildman–Crippen LogP) is 7.87. The average Bonchev–Trinajstić information content (AvgIpc) is 3.48. The highest BCUT2D eigenvalue weighted by Gasteiger charge is 2.15. The summed E-state index contributed by atoms with van der Waals surface area (Å²) < 4.78 is 5.74. The van der Waals surface area contributed by atoms with Crippen LogP contribution in [0.1, 0.15) is 139 Å². The Labute approximate surface area is 197 Å². The third kappa shape index (κ3) is 12.7. The number of carbonyl (C=O) groups is 1. The third-order valence-electron chi connectivity index (χ3n) is 6.78. The van der Waals surface area contributed by atoms with Gasteiger partial charge in [0.25, 0.3) is 5.91 Å². The minimum absolute atomic E-state index is 0.0707. The molecule has 0 spiro atoms. The number of likely N-dealkylation sites (tertiary alicyclic amines) is 1. The van der Waals surface area contributed by atoms with Crippen molar-refractivity contribution in [3.05, 3.63) is 23.7 Å². The molecule has 4 nitrogen and oxygen atoms in total. The number of rotatable bonds is 20. The van der Waals surface area contributed by atoms with Crippen molar-refractivity contribution in [2.24, 2.45) is 0 Å². The summed E-state index contributed by atoms with van der Waals surface area (Å²) in [7, 11) is 0. The molecule has 0 aromatic carbocycles. The van der Waals surface area contributed by atoms with Gasteiger partial charge in [0.1, 0.15) is 5.76 Å². The van der Waals surface area contributed by atoms with Gasteiger partial charge in [0.05, 0.1) is 6.54 Å². The Bertz CT molecular complexity index is 578. The van der Waals surface area contributed by atoms with Crippen LogP contribution in [-0.4, -0.2) is 30.4 Å². The molecule has 0 bridgehead atoms. The molecule has 1 fully saturated rings. The van der Waals surface area contributed by atoms with E-state index in [4.69, 9.17) is 4.42 Å². The van der Waals surface area contributed by atoms with Crippen LogP contribution >= 0.6 is 0 Å². The second-order valence-corrected chi connectivity index (χ2v) is 9.81. The summed E-state index contributed by atoms with van der Waals surface area (Å²) in [5.41, 5.74) is 0. The number of amides is 1. The average molecular weight is 447 g/mol. The summed E-state index contributed by atoms with van der Waals surface area (Å²) in [6.45, 7) is 6.14. The molecule has 1 aliphatic rings. The van der Waals surface area contributed by atoms with Crippen molar-refractivity contribution in [3.8, 4) is 0 Å². The van der Waals surface area contributed by atoms with Crippen LogP contribution in [0.5, 0.6) is 0 Å². The van der Waals surface area contributed by atoms with E-state index in [-0.39, 0.29) is 5.91 Å². The molecule has 0 unspecified atom stereocenters. The lowest BCUT2D eigenvalue weighted by Gasteiger charge is -2.11. The molecule has 1 N–H and O–H groups in total. The number of furan rings is 1. The summed E-state index contributed by atoms with van der Waals surface area (Å²) >= 11 is 0. The second-order valence-electron chi connectivity index (χ2n) is 9.81. The zero-order chi connectivity index (χ0) is 22.7. The molecule has 1 aromatic rings. The fourth-order valence-electron chi connectivity index (χ4n) is 4.71. The molecule has 2 rings (SSSR count). The maximum Gasteiger partial charge on any atom is 0.286 e. The molecule has 1 aromatic heterocycles. The van der Waals surface area contributed by atoms with Gasteiger partial charge >= 0.3 is 0 Å². The predicted molar refractivity (Wildman–Crippen MR) is 135 cm³/mol. The van der Waals surface area contributed by atoms with Crippen LogP contribution < -0.4 is 5.32 Å². The van der Waals surface area contributed by atoms with Crippen molar-refractivity contribution < 1.29 is 9.21 Å². The van der Waals surface area contributed by atoms with Gasteiger partial charge in [-0.25, -0.2) is 0 Å². The van der Waals surface area contributed by atoms with Gasteiger partial charge in [-0.3, -0.25) is 9.69 Å². The molecule has 0 aliphatic carbocycles. The van der Waals surface area contributed by atoms with Gasteiger partial charge in [-0.05, 0) is 44.5 Å². The molecule has 0 radical (unpaired) electrons. The molecule has 1 saturated heterocycles. The number of carbonyl (C=O) groups excluding carboxylic acids is 1. The van der Waals surface area contributed by atoms with E-state index >= 15 is 0 Å². The normalized spacial score (nSPS) is 14.3. The van der Waals surface area contributed by atoms with E-state index in [1.807, 2.05) is 12.1 Å². The zero-order valence-electron chi connectivity index (χ0n) is 21.0. The van der Waals surface area contributed by atoms with Crippen molar-refractivity contribution in [1.82, 2.24) is 10.2 Å². The Kier molecular flexibility index (Phi) is 15.3. The number of nitrogens with one attached hydrogen (secondary N) is 1. The molecule has 4 heteroatoms. The van der Waals surface area contributed by atoms with Gasteiger partial charge in [-0.15, -0.1) is 0 Å². The first-order valence-corrected chi connectivity index (χ1v) is 13.9. The Morgan fingerprint density at radius 1 is 0.781 bits per heavy atom. The Hall–Kier alpha value is -1.29. The fourth-order valence-corrected chi connectivity index (χ4v) is 4.71. The summed E-state index contributed by atoms with van der Waals surface area (Å²) in [6, 6.07) is 3.76. The summed E-state index contributed by atoms with van der Waals surface area (Å²) in [6.07, 6.45) is 24.4. The van der Waals surface area contributed by atoms with E-state index in [0.29, 0.717) is 5.76 Å². The Morgan fingerprint density at radius 3 is 1.81 bits per heavy atom. The van der Waals surface area contributed by atoms with E-state index < -0.39 is 0 Å². The zero-order valence-corrected chi connectivity index (χ0v) is 21.0. The molecular formula is C28H50N2O2. The van der Waals surface area contributed by atoms with Gasteiger partial charge in [0, 0.05) is 6.54 Å². The number of hydrogen-bond donors (Lipinski definition) is 1. The van der Waals surface area contributed by atoms with Gasteiger partial charge in [0.2, 0.25) is 0 Å². The standard InChI is InChI=1S/C28H50N2O2/c1-2-3-4-5-6-7-8-9-10-11-12-13-14-15-16-17-22-29-28(31)27-21-20-26(32-27)25-30-23-18-19-24-30/h20-21H,2-19,22-25H2,1H3,(H,29,31). The minimum atomic E-state index is -0.0707. The van der Waals surface area contributed by atoms with Crippen LogP contribution in [0.15, 0.2) is 16.5 Å². The lowest BCUT2D eigenvalue weighted by atomic mass is 10.0. The van der Waals surface area contributed by atoms with Crippen molar-refractivity contribution in [2.45, 2.75) is 129 Å². The summed E-state index contributed by atoms with van der Waals surface area (Å²) in [5.74, 6) is 1.29. The van der Waals surface area contributed by atoms with E-state index in [1.54, 1.807) is 0 Å². The van der Waals surface area contributed by atoms with Crippen LogP contribution in [0.2, 0.25) is 0 Å². The van der Waals surface area contributed by atoms with Crippen molar-refractivity contribution in [1.29, 1.82) is 0 Å². The Morgan fingerprint density at radius 2 is 1.28 bits per heavy atom. The highest BCUT2D eigenvalue weighted by Crippen LogP contribution is 2.16. The molecular weight excluding hydrogens is 396 g/mol. The number of hydrogen-bond acceptors (Lipinski definition) is 3. The highest BCUT2D eigenvalue weighted by atomic mass is 16.4. The molecule has 32 heavy (non-hydrogen) atoms. The topological polar surface area (TPSA) is 45.5 Å². The molecule has 184 valence electrons. The van der Waals surface area contributed by atoms with Crippen molar-refractivity contribution >= 4 is 5.91 Å². The maximum absolute atomic E-state index is 12.2. The van der Waals surface area contributed by atoms with E-state index in [0.717, 1.165) is 38.4 Å². The molecule has 2 heterocycles. The lowest BCUT2D eigenvalue weighted by molar-refractivity contribution is 0.0921. The SMILES string of the molecule is CCCCCCCCCCCCCCCCCCNC(=O)c1ccc(CN2CCCC2)o1. The van der Waals surface area contributed by atoms with Crippen LogP contribution in [0.25, 0.3) is 0 Å². The monoisotopic (exact) mass is 446 g/mol. The fraction of sp³-hybridized carbons (Fsp3) is 0.821. The smallest absolute Gasteiger partial charge is 0.286 e. The van der Waals surface area contributed by atoms with Crippen molar-refractivity contribution in [3.63, 3.8) is 0 Å². The van der Waals surface area contributed by atoms with Gasteiger partial charge < -0.3 is 9.73 Å². The third-order valence-corrected chi connectivity index (χ3v) is 6.78. The van der Waals surface area contributed by atoms with Crippen molar-refractivity contribution in [2.75, 3.05) is 19.6 Å². The van der Waals surface area contributed by atoms with Crippen LogP contribution in [0, 0.1) is 0 Å². The van der Waals surface area contributed by atoms with Gasteiger partial charge in [-0.2, -0.15) is 0 Å². The largest absolute Gasteiger partial charge is 0.455 e. The quantitative estimate of drug-likeness (QED) is 0.207. The molecule has 1 aliphatic heterocycles. The number of nitrogens with zero attached hydrogens (tertiary/aromatic N) is 1. The highest BCUT2D eigenvalue weighted by molar-refractivity contribution is 5.91. The molecule has 1 amide bonds. The Balaban J connectivity index is 1.33. The van der Waals surface area contributed by atoms with E-state index in [1.165, 1.54) is 109 Å². The second kappa shape index (κ2) is 18.2. The number of unbranched alkanes of at least 4 members (excludes halogenated alkanes) is 15. The first kappa shape index (κ1) is 27.0. The lowest BCUT2D eigenvalue weighted by Crippen LogP contribution is -2.24. The van der Waals surface area contributed by atoms with Crippen LogP contribution in [-0.2, 0) is 6.54 Å². The molecule has 0 saturated carbocycles. The maximum atomic E-state index is 12.2. The van der Waals surface area contributed by atoms with Crippen LogP contribution in [0.3, 0.4) is 0 Å². The van der Waals surface area contributed by atoms with Crippen LogP contribution in [0.4, 0.5) is 0 Å². The van der Waals surface area contributed by atoms with Gasteiger partial charge in [-0.1, -0.05) is 103 Å². The van der Waals surface area contributed by atoms with E-state index in [2.05, 4.69) is 17.1 Å². The minimum Gasteiger partial charge on any atom is -0.455 e. The summed E-state index contributed by atoms with van der Waals surface area (Å²) in [4.78, 5) is 14.6. The first-order valence-electron chi connectivity index (χ1n) is 13.9. The summed E-state index contributed by atoms with van der Waals surface area (Å²) in [5, 5.41) is 3.01. The van der Waals surface area contributed by atoms with Gasteiger partial charge in [0.15, 0.2) is 5.76 Å². The van der Waals surface area contributed by atoms with E-state index in [9.17, 15) is 4.79 Å². The molecule has 0 atom stereocenters.